The molecule has 1 saturated heterocycles. The Bertz CT molecular complexity index is 2210. The first-order valence-corrected chi connectivity index (χ1v) is 15.3. The van der Waals surface area contributed by atoms with Crippen molar-refractivity contribution < 1.29 is 48.0 Å². The van der Waals surface area contributed by atoms with Crippen molar-refractivity contribution in [2.45, 2.75) is 17.8 Å². The number of carboxylic acids is 1. The molecule has 3 aromatic heterocycles. The first-order chi connectivity index (χ1) is 23.1. The summed E-state index contributed by atoms with van der Waals surface area (Å²) in [6, 6.07) is 11.9. The van der Waals surface area contributed by atoms with Gasteiger partial charge in [-0.2, -0.15) is 4.98 Å². The van der Waals surface area contributed by atoms with Crippen molar-refractivity contribution in [3.05, 3.63) is 103 Å². The Labute approximate surface area is 272 Å². The summed E-state index contributed by atoms with van der Waals surface area (Å²) in [7, 11) is 0. The van der Waals surface area contributed by atoms with Crippen LogP contribution in [0, 0.1) is 0 Å². The molecular formula is C31H25N3O13S. The van der Waals surface area contributed by atoms with Gasteiger partial charge in [0.05, 0.1) is 6.61 Å². The highest BCUT2D eigenvalue weighted by molar-refractivity contribution is 8.00. The number of ether oxygens (including phenoxy) is 3. The minimum absolute atomic E-state index is 0.000552. The number of aliphatic hydroxyl groups is 2. The number of hydrogen-bond acceptors (Lipinski definition) is 14. The number of fused-ring (bicyclic) bond motifs is 2. The Morgan fingerprint density at radius 2 is 1.56 bits per heavy atom. The second-order valence-electron chi connectivity index (χ2n) is 10.3. The van der Waals surface area contributed by atoms with Crippen molar-refractivity contribution in [2.24, 2.45) is 0 Å². The van der Waals surface area contributed by atoms with Crippen LogP contribution in [0.25, 0.3) is 21.9 Å². The third kappa shape index (κ3) is 6.79. The standard InChI is InChI=1S/C31H25N3O13S/c35-11-26-47-25(14-48-26)34-8-7-24(33-31(34)42)32-29(39)22-9-16(37)27-18(3-1-5-20(27)45-22)43-12-15(36)13-44-19-4-2-6-21-28(19)17(38)10-23(46-21)30(40)41/h1-10,15,25-26,35-36H,11-14H2,(H,40,41)(H,32,33,39,42)/t15?,25-,26+/m1/s1. The van der Waals surface area contributed by atoms with Crippen LogP contribution in [0.1, 0.15) is 27.3 Å². The van der Waals surface area contributed by atoms with Gasteiger partial charge in [-0.05, 0) is 30.3 Å². The highest BCUT2D eigenvalue weighted by Gasteiger charge is 2.27. The van der Waals surface area contributed by atoms with E-state index in [4.69, 9.17) is 28.2 Å². The summed E-state index contributed by atoms with van der Waals surface area (Å²) >= 11 is 1.35. The summed E-state index contributed by atoms with van der Waals surface area (Å²) < 4.78 is 29.0. The Balaban J connectivity index is 1.11. The van der Waals surface area contributed by atoms with Gasteiger partial charge in [-0.1, -0.05) is 12.1 Å². The lowest BCUT2D eigenvalue weighted by atomic mass is 10.2. The number of nitrogens with zero attached hydrogens (tertiary/aromatic N) is 2. The average Bonchev–Trinajstić information content (AvgIpc) is 3.55. The normalized spacial score (nSPS) is 16.5. The zero-order valence-corrected chi connectivity index (χ0v) is 25.4. The SMILES string of the molecule is O=C(O)c1cc(=O)c2c(OCC(O)COc3cccc4oc(C(=O)Nc5ccn([C@H]6CS[C@@H](CO)O6)c(=O)n5)cc(=O)c34)cccc2o1. The molecule has 6 rings (SSSR count). The maximum atomic E-state index is 13.1. The highest BCUT2D eigenvalue weighted by atomic mass is 32.2. The van der Waals surface area contributed by atoms with E-state index >= 15 is 0 Å². The van der Waals surface area contributed by atoms with E-state index in [2.05, 4.69) is 10.3 Å². The largest absolute Gasteiger partial charge is 0.490 e. The van der Waals surface area contributed by atoms with Gasteiger partial charge in [0.1, 0.15) is 70.2 Å². The predicted molar refractivity (Wildman–Crippen MR) is 169 cm³/mol. The van der Waals surface area contributed by atoms with Gasteiger partial charge in [0, 0.05) is 24.1 Å². The van der Waals surface area contributed by atoms with E-state index in [-0.39, 0.29) is 64.8 Å². The number of nitrogens with one attached hydrogen (secondary N) is 1. The molecule has 0 bridgehead atoms. The smallest absolute Gasteiger partial charge is 0.371 e. The number of thioether (sulfide) groups is 1. The fourth-order valence-electron chi connectivity index (χ4n) is 4.80. The summed E-state index contributed by atoms with van der Waals surface area (Å²) in [5.74, 6) is -2.67. The van der Waals surface area contributed by atoms with Crippen molar-refractivity contribution in [2.75, 3.05) is 30.9 Å². The number of anilines is 1. The molecule has 0 saturated carbocycles. The van der Waals surface area contributed by atoms with Gasteiger partial charge in [0.25, 0.3) is 5.91 Å². The second-order valence-corrected chi connectivity index (χ2v) is 11.5. The molecule has 48 heavy (non-hydrogen) atoms. The maximum Gasteiger partial charge on any atom is 0.371 e. The number of amides is 1. The minimum Gasteiger partial charge on any atom is -0.490 e. The Morgan fingerprint density at radius 1 is 0.958 bits per heavy atom. The Morgan fingerprint density at radius 3 is 2.12 bits per heavy atom. The number of aliphatic hydroxyl groups excluding tert-OH is 2. The van der Waals surface area contributed by atoms with Crippen molar-refractivity contribution in [3.8, 4) is 11.5 Å². The number of hydrogen-bond donors (Lipinski definition) is 4. The monoisotopic (exact) mass is 679 g/mol. The first-order valence-electron chi connectivity index (χ1n) is 14.2. The number of carboxylic acid groups (broad SMARTS) is 1. The van der Waals surface area contributed by atoms with Gasteiger partial charge >= 0.3 is 11.7 Å². The maximum absolute atomic E-state index is 13.1. The van der Waals surface area contributed by atoms with Gasteiger partial charge in [-0.3, -0.25) is 19.0 Å². The Kier molecular flexibility index (Phi) is 9.26. The van der Waals surface area contributed by atoms with Crippen LogP contribution < -0.4 is 31.3 Å². The molecule has 17 heteroatoms. The lowest BCUT2D eigenvalue weighted by Gasteiger charge is -2.15. The van der Waals surface area contributed by atoms with Gasteiger partial charge in [0.2, 0.25) is 5.76 Å². The summed E-state index contributed by atoms with van der Waals surface area (Å²) in [6.07, 6.45) is -0.467. The molecule has 1 aliphatic rings. The van der Waals surface area contributed by atoms with Crippen molar-refractivity contribution in [1.29, 1.82) is 0 Å². The van der Waals surface area contributed by atoms with Crippen LogP contribution in [0.4, 0.5) is 5.82 Å². The van der Waals surface area contributed by atoms with Crippen LogP contribution in [-0.2, 0) is 4.74 Å². The van der Waals surface area contributed by atoms with E-state index in [1.54, 1.807) is 0 Å². The molecule has 1 unspecified atom stereocenters. The third-order valence-electron chi connectivity index (χ3n) is 6.99. The fraction of sp³-hybridized carbons (Fsp3) is 0.226. The number of rotatable bonds is 11. The van der Waals surface area contributed by atoms with Crippen molar-refractivity contribution in [3.63, 3.8) is 0 Å². The molecule has 1 aliphatic heterocycles. The van der Waals surface area contributed by atoms with E-state index in [0.29, 0.717) is 5.75 Å². The number of aromatic carboxylic acids is 1. The molecule has 1 fully saturated rings. The molecule has 1 amide bonds. The lowest BCUT2D eigenvalue weighted by Crippen LogP contribution is -2.29. The molecule has 248 valence electrons. The van der Waals surface area contributed by atoms with Gasteiger partial charge in [0.15, 0.2) is 16.6 Å². The zero-order valence-electron chi connectivity index (χ0n) is 24.6. The second kappa shape index (κ2) is 13.7. The quantitative estimate of drug-likeness (QED) is 0.156. The summed E-state index contributed by atoms with van der Waals surface area (Å²) in [5, 5.41) is 31.3. The van der Waals surface area contributed by atoms with Crippen LogP contribution in [-0.4, -0.2) is 73.9 Å². The van der Waals surface area contributed by atoms with Crippen molar-refractivity contribution >= 4 is 51.4 Å². The van der Waals surface area contributed by atoms with Crippen LogP contribution in [0.5, 0.6) is 11.5 Å². The zero-order chi connectivity index (χ0) is 33.9. The topological polar surface area (TPSA) is 230 Å². The van der Waals surface area contributed by atoms with Gasteiger partial charge in [-0.25, -0.2) is 9.59 Å². The molecule has 4 heterocycles. The van der Waals surface area contributed by atoms with E-state index in [0.717, 1.165) is 12.1 Å². The van der Waals surface area contributed by atoms with Gasteiger partial charge in [-0.15, -0.1) is 11.8 Å². The third-order valence-corrected chi connectivity index (χ3v) is 8.10. The molecule has 4 N–H and O–H groups in total. The molecule has 2 aromatic carbocycles. The van der Waals surface area contributed by atoms with Gasteiger partial charge < -0.3 is 43.7 Å². The molecular weight excluding hydrogens is 654 g/mol. The summed E-state index contributed by atoms with van der Waals surface area (Å²) in [5.41, 5.74) is -2.40. The van der Waals surface area contributed by atoms with E-state index in [1.807, 2.05) is 0 Å². The highest BCUT2D eigenvalue weighted by Crippen LogP contribution is 2.30. The van der Waals surface area contributed by atoms with Crippen LogP contribution >= 0.6 is 11.8 Å². The fourth-order valence-corrected chi connectivity index (χ4v) is 5.73. The predicted octanol–water partition coefficient (Wildman–Crippen LogP) is 1.81. The molecule has 0 radical (unpaired) electrons. The van der Waals surface area contributed by atoms with Crippen LogP contribution in [0.3, 0.4) is 0 Å². The number of aromatic nitrogens is 2. The van der Waals surface area contributed by atoms with Crippen molar-refractivity contribution in [1.82, 2.24) is 9.55 Å². The lowest BCUT2D eigenvalue weighted by molar-refractivity contribution is -0.00629. The van der Waals surface area contributed by atoms with E-state index in [1.165, 1.54) is 65.0 Å². The molecule has 16 nitrogen and oxygen atoms in total. The summed E-state index contributed by atoms with van der Waals surface area (Å²) in [4.78, 5) is 66.0. The number of carbonyl (C=O) groups excluding carboxylic acids is 1. The molecule has 3 atom stereocenters. The number of benzene rings is 2. The molecule has 0 aliphatic carbocycles. The minimum atomic E-state index is -1.40. The average molecular weight is 680 g/mol. The summed E-state index contributed by atoms with van der Waals surface area (Å²) in [6.45, 7) is -0.877. The van der Waals surface area contributed by atoms with E-state index in [9.17, 15) is 34.2 Å². The number of carbonyl (C=O) groups is 2. The molecule has 0 spiro atoms. The Hall–Kier alpha value is -5.49. The van der Waals surface area contributed by atoms with Crippen LogP contribution in [0.2, 0.25) is 0 Å². The van der Waals surface area contributed by atoms with E-state index < -0.39 is 52.0 Å². The molecule has 5 aromatic rings. The first kappa shape index (κ1) is 32.5. The van der Waals surface area contributed by atoms with Crippen LogP contribution in [0.15, 0.2) is 84.0 Å².